The zero-order valence-electron chi connectivity index (χ0n) is 15.5. The predicted molar refractivity (Wildman–Crippen MR) is 108 cm³/mol. The van der Waals surface area contributed by atoms with E-state index in [1.165, 1.54) is 6.07 Å². The summed E-state index contributed by atoms with van der Waals surface area (Å²) in [5.74, 6) is 0.616. The highest BCUT2D eigenvalue weighted by atomic mass is 35.5. The molecule has 1 fully saturated rings. The molecule has 0 radical (unpaired) electrons. The molecule has 4 nitrogen and oxygen atoms in total. The van der Waals surface area contributed by atoms with E-state index in [-0.39, 0.29) is 24.1 Å². The molecule has 1 aliphatic heterocycles. The number of benzene rings is 2. The first-order chi connectivity index (χ1) is 13.1. The number of halogens is 3. The Morgan fingerprint density at radius 2 is 2.00 bits per heavy atom. The molecule has 0 aliphatic carbocycles. The molecule has 7 heteroatoms. The summed E-state index contributed by atoms with van der Waals surface area (Å²) in [4.78, 5) is 12.2. The molecular formula is C21H25ClF2N2O2. The molecule has 1 aliphatic rings. The lowest BCUT2D eigenvalue weighted by atomic mass is 10.0. The molecule has 1 saturated heterocycles. The summed E-state index contributed by atoms with van der Waals surface area (Å²) in [6, 6.07) is 14.3. The van der Waals surface area contributed by atoms with Gasteiger partial charge in [-0.15, -0.1) is 12.4 Å². The first-order valence-electron chi connectivity index (χ1n) is 9.22. The molecule has 1 amide bonds. The van der Waals surface area contributed by atoms with Crippen LogP contribution in [-0.4, -0.2) is 25.6 Å². The highest BCUT2D eigenvalue weighted by Gasteiger charge is 2.16. The van der Waals surface area contributed by atoms with Crippen LogP contribution in [0.25, 0.3) is 0 Å². The van der Waals surface area contributed by atoms with Gasteiger partial charge in [-0.05, 0) is 55.6 Å². The summed E-state index contributed by atoms with van der Waals surface area (Å²) >= 11 is 0. The summed E-state index contributed by atoms with van der Waals surface area (Å²) in [5.41, 5.74) is 2.19. The molecule has 1 atom stereocenters. The number of alkyl halides is 2. The predicted octanol–water partition coefficient (Wildman–Crippen LogP) is 4.63. The molecule has 0 aromatic heterocycles. The van der Waals surface area contributed by atoms with E-state index in [2.05, 4.69) is 15.4 Å². The number of carbonyl (C=O) groups excluding carboxylic acids is 1. The normalized spacial score (nSPS) is 15.9. The number of hydrogen-bond acceptors (Lipinski definition) is 3. The van der Waals surface area contributed by atoms with E-state index in [0.29, 0.717) is 30.0 Å². The van der Waals surface area contributed by atoms with E-state index in [0.717, 1.165) is 31.5 Å². The minimum atomic E-state index is -2.89. The smallest absolute Gasteiger partial charge is 0.387 e. The average molecular weight is 411 g/mol. The lowest BCUT2D eigenvalue weighted by Crippen LogP contribution is -2.15. The first-order valence-corrected chi connectivity index (χ1v) is 9.22. The topological polar surface area (TPSA) is 50.4 Å². The number of rotatable bonds is 8. The number of ether oxygens (including phenoxy) is 1. The standard InChI is InChI=1S/C21H24F2N2O2.ClH/c22-21(23)27-19-8-7-18(13-17(19)12-15-4-2-1-3-5-15)25-20(26)9-6-16-10-11-24-14-16;/h1-5,7-8,13,16,21,24H,6,9-12,14H2,(H,25,26);1H. The fourth-order valence-electron chi connectivity index (χ4n) is 3.34. The Bertz CT molecular complexity index is 753. The summed E-state index contributed by atoms with van der Waals surface area (Å²) in [7, 11) is 0. The molecule has 0 bridgehead atoms. The van der Waals surface area contributed by atoms with E-state index >= 15 is 0 Å². The Morgan fingerprint density at radius 1 is 1.21 bits per heavy atom. The van der Waals surface area contributed by atoms with Gasteiger partial charge in [0, 0.05) is 24.1 Å². The van der Waals surface area contributed by atoms with Gasteiger partial charge in [-0.3, -0.25) is 4.79 Å². The van der Waals surface area contributed by atoms with Gasteiger partial charge in [0.05, 0.1) is 0 Å². The molecule has 1 unspecified atom stereocenters. The van der Waals surface area contributed by atoms with Crippen molar-refractivity contribution in [1.29, 1.82) is 0 Å². The van der Waals surface area contributed by atoms with Gasteiger partial charge in [0.25, 0.3) is 0 Å². The third kappa shape index (κ3) is 6.77. The van der Waals surface area contributed by atoms with Crippen molar-refractivity contribution in [2.45, 2.75) is 32.3 Å². The van der Waals surface area contributed by atoms with Gasteiger partial charge in [0.2, 0.25) is 5.91 Å². The Morgan fingerprint density at radius 3 is 2.68 bits per heavy atom. The van der Waals surface area contributed by atoms with Crippen LogP contribution >= 0.6 is 12.4 Å². The average Bonchev–Trinajstić information content (AvgIpc) is 3.16. The van der Waals surface area contributed by atoms with Gasteiger partial charge >= 0.3 is 6.61 Å². The molecule has 152 valence electrons. The summed E-state index contributed by atoms with van der Waals surface area (Å²) in [5, 5.41) is 6.16. The van der Waals surface area contributed by atoms with Crippen LogP contribution in [0.3, 0.4) is 0 Å². The summed E-state index contributed by atoms with van der Waals surface area (Å²) in [6.07, 6.45) is 2.85. The molecule has 2 aromatic rings. The Balaban J connectivity index is 0.00000280. The molecule has 3 rings (SSSR count). The van der Waals surface area contributed by atoms with Crippen molar-refractivity contribution in [2.24, 2.45) is 5.92 Å². The van der Waals surface area contributed by atoms with E-state index in [1.807, 2.05) is 30.3 Å². The van der Waals surface area contributed by atoms with Crippen molar-refractivity contribution in [3.8, 4) is 5.75 Å². The third-order valence-electron chi connectivity index (χ3n) is 4.74. The first kappa shape index (κ1) is 22.1. The third-order valence-corrected chi connectivity index (χ3v) is 4.74. The van der Waals surface area contributed by atoms with E-state index in [4.69, 9.17) is 0 Å². The van der Waals surface area contributed by atoms with E-state index < -0.39 is 6.61 Å². The SMILES string of the molecule is Cl.O=C(CCC1CCNC1)Nc1ccc(OC(F)F)c(Cc2ccccc2)c1. The van der Waals surface area contributed by atoms with Crippen molar-refractivity contribution in [1.82, 2.24) is 5.32 Å². The number of amides is 1. The molecule has 0 spiro atoms. The van der Waals surface area contributed by atoms with Crippen molar-refractivity contribution in [3.63, 3.8) is 0 Å². The Hall–Kier alpha value is -2.18. The van der Waals surface area contributed by atoms with Crippen molar-refractivity contribution in [2.75, 3.05) is 18.4 Å². The maximum atomic E-state index is 12.7. The molecular weight excluding hydrogens is 386 g/mol. The molecule has 2 aromatic carbocycles. The second-order valence-corrected chi connectivity index (χ2v) is 6.81. The quantitative estimate of drug-likeness (QED) is 0.667. The largest absolute Gasteiger partial charge is 0.435 e. The van der Waals surface area contributed by atoms with Crippen molar-refractivity contribution >= 4 is 24.0 Å². The van der Waals surface area contributed by atoms with Crippen molar-refractivity contribution in [3.05, 3.63) is 59.7 Å². The van der Waals surface area contributed by atoms with Crippen LogP contribution in [0, 0.1) is 5.92 Å². The highest BCUT2D eigenvalue weighted by molar-refractivity contribution is 5.90. The Labute approximate surface area is 170 Å². The van der Waals surface area contributed by atoms with Gasteiger partial charge in [-0.1, -0.05) is 30.3 Å². The van der Waals surface area contributed by atoms with Crippen LogP contribution < -0.4 is 15.4 Å². The van der Waals surface area contributed by atoms with Gasteiger partial charge in [-0.2, -0.15) is 8.78 Å². The van der Waals surface area contributed by atoms with Gasteiger partial charge in [0.1, 0.15) is 5.75 Å². The van der Waals surface area contributed by atoms with Crippen molar-refractivity contribution < 1.29 is 18.3 Å². The second-order valence-electron chi connectivity index (χ2n) is 6.81. The van der Waals surface area contributed by atoms with E-state index in [9.17, 15) is 13.6 Å². The van der Waals surface area contributed by atoms with Gasteiger partial charge < -0.3 is 15.4 Å². The molecule has 0 saturated carbocycles. The fraction of sp³-hybridized carbons (Fsp3) is 0.381. The minimum absolute atomic E-state index is 0. The van der Waals surface area contributed by atoms with Crippen LogP contribution in [0.5, 0.6) is 5.75 Å². The van der Waals surface area contributed by atoms with Crippen LogP contribution in [0.15, 0.2) is 48.5 Å². The van der Waals surface area contributed by atoms with Gasteiger partial charge in [-0.25, -0.2) is 0 Å². The summed E-state index contributed by atoms with van der Waals surface area (Å²) < 4.78 is 30.0. The fourth-order valence-corrected chi connectivity index (χ4v) is 3.34. The molecule has 28 heavy (non-hydrogen) atoms. The van der Waals surface area contributed by atoms with Crippen LogP contribution in [0.4, 0.5) is 14.5 Å². The number of hydrogen-bond donors (Lipinski definition) is 2. The lowest BCUT2D eigenvalue weighted by Gasteiger charge is -2.14. The highest BCUT2D eigenvalue weighted by Crippen LogP contribution is 2.27. The number of anilines is 1. The van der Waals surface area contributed by atoms with Crippen LogP contribution in [-0.2, 0) is 11.2 Å². The molecule has 2 N–H and O–H groups in total. The van der Waals surface area contributed by atoms with E-state index in [1.54, 1.807) is 12.1 Å². The number of carbonyl (C=O) groups is 1. The maximum absolute atomic E-state index is 12.7. The second kappa shape index (κ2) is 11.0. The van der Waals surface area contributed by atoms with Gasteiger partial charge in [0.15, 0.2) is 0 Å². The van der Waals surface area contributed by atoms with Crippen LogP contribution in [0.2, 0.25) is 0 Å². The zero-order valence-corrected chi connectivity index (χ0v) is 16.3. The summed E-state index contributed by atoms with van der Waals surface area (Å²) in [6.45, 7) is -0.908. The molecule has 1 heterocycles. The lowest BCUT2D eigenvalue weighted by molar-refractivity contribution is -0.116. The Kier molecular flexibility index (Phi) is 8.67. The minimum Gasteiger partial charge on any atom is -0.435 e. The monoisotopic (exact) mass is 410 g/mol. The zero-order chi connectivity index (χ0) is 19.1. The maximum Gasteiger partial charge on any atom is 0.387 e. The van der Waals surface area contributed by atoms with Crippen LogP contribution in [0.1, 0.15) is 30.4 Å². The number of nitrogens with one attached hydrogen (secondary N) is 2.